The van der Waals surface area contributed by atoms with Gasteiger partial charge in [0.25, 0.3) is 5.91 Å². The summed E-state index contributed by atoms with van der Waals surface area (Å²) in [4.78, 5) is 28.5. The zero-order valence-electron chi connectivity index (χ0n) is 13.8. The topological polar surface area (TPSA) is 61.9 Å². The van der Waals surface area contributed by atoms with Crippen molar-refractivity contribution >= 4 is 39.9 Å². The van der Waals surface area contributed by atoms with Crippen LogP contribution in [0.2, 0.25) is 5.02 Å². The lowest BCUT2D eigenvalue weighted by molar-refractivity contribution is 0.0649. The highest BCUT2D eigenvalue weighted by Crippen LogP contribution is 2.43. The minimum Gasteiger partial charge on any atom is -0.333 e. The van der Waals surface area contributed by atoms with Crippen LogP contribution in [0.15, 0.2) is 18.2 Å². The number of halogens is 1. The second kappa shape index (κ2) is 5.54. The minimum absolute atomic E-state index is 0.0770. The van der Waals surface area contributed by atoms with E-state index in [2.05, 4.69) is 16.9 Å². The average Bonchev–Trinajstić information content (AvgIpc) is 3.21. The first-order valence-corrected chi connectivity index (χ1v) is 9.73. The van der Waals surface area contributed by atoms with Gasteiger partial charge in [-0.3, -0.25) is 4.79 Å². The molecule has 0 unspecified atom stereocenters. The highest BCUT2D eigenvalue weighted by molar-refractivity contribution is 7.11. The van der Waals surface area contributed by atoms with Crippen molar-refractivity contribution < 1.29 is 4.79 Å². The van der Waals surface area contributed by atoms with Crippen molar-refractivity contribution in [2.45, 2.75) is 44.7 Å². The first kappa shape index (κ1) is 15.3. The lowest BCUT2D eigenvalue weighted by Gasteiger charge is -2.32. The Morgan fingerprint density at radius 2 is 2.20 bits per heavy atom. The van der Waals surface area contributed by atoms with Gasteiger partial charge in [-0.1, -0.05) is 17.7 Å². The molecule has 1 saturated carbocycles. The van der Waals surface area contributed by atoms with Gasteiger partial charge in [-0.25, -0.2) is 9.97 Å². The summed E-state index contributed by atoms with van der Waals surface area (Å²) in [7, 11) is 0. The number of amides is 1. The molecule has 1 aliphatic carbocycles. The van der Waals surface area contributed by atoms with Gasteiger partial charge in [0.15, 0.2) is 5.82 Å². The van der Waals surface area contributed by atoms with Crippen LogP contribution in [0.25, 0.3) is 11.0 Å². The molecule has 1 aliphatic heterocycles. The number of hydrogen-bond acceptors (Lipinski definition) is 4. The SMILES string of the molecule is C[C@@H]1Cc2nc(C3CC3)sc2CN1C(=O)c1nc2cccc(Cl)c2[nH]1. The largest absolute Gasteiger partial charge is 0.333 e. The first-order valence-electron chi connectivity index (χ1n) is 8.54. The maximum Gasteiger partial charge on any atom is 0.290 e. The Kier molecular flexibility index (Phi) is 3.40. The Morgan fingerprint density at radius 1 is 1.36 bits per heavy atom. The number of rotatable bonds is 2. The van der Waals surface area contributed by atoms with Gasteiger partial charge in [0.05, 0.1) is 33.3 Å². The highest BCUT2D eigenvalue weighted by atomic mass is 35.5. The maximum absolute atomic E-state index is 13.0. The summed E-state index contributed by atoms with van der Waals surface area (Å²) in [6.45, 7) is 2.69. The minimum atomic E-state index is -0.0770. The third-order valence-corrected chi connectivity index (χ3v) is 6.55. The molecule has 7 heteroatoms. The van der Waals surface area contributed by atoms with Crippen LogP contribution in [0.5, 0.6) is 0 Å². The molecule has 1 amide bonds. The molecule has 25 heavy (non-hydrogen) atoms. The van der Waals surface area contributed by atoms with Crippen LogP contribution >= 0.6 is 22.9 Å². The Bertz CT molecular complexity index is 990. The van der Waals surface area contributed by atoms with E-state index in [9.17, 15) is 4.79 Å². The molecule has 2 aliphatic rings. The second-order valence-corrected chi connectivity index (χ2v) is 8.42. The van der Waals surface area contributed by atoms with E-state index in [4.69, 9.17) is 16.6 Å². The van der Waals surface area contributed by atoms with E-state index in [-0.39, 0.29) is 11.9 Å². The summed E-state index contributed by atoms with van der Waals surface area (Å²) < 4.78 is 0. The number of benzene rings is 1. The Labute approximate surface area is 154 Å². The van der Waals surface area contributed by atoms with E-state index >= 15 is 0 Å². The molecule has 5 nitrogen and oxygen atoms in total. The Balaban J connectivity index is 1.46. The fourth-order valence-electron chi connectivity index (χ4n) is 3.40. The summed E-state index contributed by atoms with van der Waals surface area (Å²) in [6, 6.07) is 5.60. The molecule has 5 rings (SSSR count). The molecule has 0 spiro atoms. The third kappa shape index (κ3) is 2.55. The van der Waals surface area contributed by atoms with E-state index < -0.39 is 0 Å². The number of hydrogen-bond donors (Lipinski definition) is 1. The molecule has 0 saturated heterocycles. The number of imidazole rings is 1. The standard InChI is InChI=1S/C18H17ClN4OS/c1-9-7-13-14(25-17(21-13)10-5-6-10)8-23(9)18(24)16-20-12-4-2-3-11(19)15(12)22-16/h2-4,9-10H,5-8H2,1H3,(H,20,22)/t9-/m1/s1. The molecule has 0 radical (unpaired) electrons. The number of aromatic nitrogens is 3. The number of carbonyl (C=O) groups excluding carboxylic acids is 1. The monoisotopic (exact) mass is 372 g/mol. The van der Waals surface area contributed by atoms with Gasteiger partial charge in [-0.05, 0) is 31.9 Å². The molecule has 1 fully saturated rings. The van der Waals surface area contributed by atoms with Gasteiger partial charge >= 0.3 is 0 Å². The van der Waals surface area contributed by atoms with E-state index in [1.54, 1.807) is 17.4 Å². The quantitative estimate of drug-likeness (QED) is 0.735. The zero-order chi connectivity index (χ0) is 17.1. The summed E-state index contributed by atoms with van der Waals surface area (Å²) in [5, 5.41) is 1.83. The fraction of sp³-hybridized carbons (Fsp3) is 0.389. The average molecular weight is 373 g/mol. The molecular formula is C18H17ClN4OS. The molecule has 1 atom stereocenters. The van der Waals surface area contributed by atoms with Gasteiger partial charge in [0.2, 0.25) is 0 Å². The zero-order valence-corrected chi connectivity index (χ0v) is 15.3. The molecule has 3 aromatic rings. The van der Waals surface area contributed by atoms with Crippen LogP contribution in [-0.4, -0.2) is 31.8 Å². The van der Waals surface area contributed by atoms with Gasteiger partial charge in [0.1, 0.15) is 0 Å². The van der Waals surface area contributed by atoms with E-state index in [1.165, 1.54) is 28.4 Å². The number of H-pyrrole nitrogens is 1. The summed E-state index contributed by atoms with van der Waals surface area (Å²) in [6.07, 6.45) is 3.32. The number of aromatic amines is 1. The Hall–Kier alpha value is -1.92. The number of para-hydroxylation sites is 1. The maximum atomic E-state index is 13.0. The summed E-state index contributed by atoms with van der Waals surface area (Å²) >= 11 is 7.97. The van der Waals surface area contributed by atoms with Crippen molar-refractivity contribution in [3.8, 4) is 0 Å². The van der Waals surface area contributed by atoms with E-state index in [0.717, 1.165) is 11.9 Å². The first-order chi connectivity index (χ1) is 12.1. The molecule has 128 valence electrons. The van der Waals surface area contributed by atoms with Crippen molar-refractivity contribution in [3.05, 3.63) is 44.6 Å². The summed E-state index contributed by atoms with van der Waals surface area (Å²) in [5.41, 5.74) is 2.61. The van der Waals surface area contributed by atoms with E-state index in [1.807, 2.05) is 17.0 Å². The molecule has 0 bridgehead atoms. The normalized spacial score (nSPS) is 20.1. The predicted molar refractivity (Wildman–Crippen MR) is 98.2 cm³/mol. The molecule has 1 N–H and O–H groups in total. The van der Waals surface area contributed by atoms with Gasteiger partial charge in [0, 0.05) is 23.3 Å². The fourth-order valence-corrected chi connectivity index (χ4v) is 4.88. The van der Waals surface area contributed by atoms with E-state index in [0.29, 0.717) is 28.8 Å². The number of nitrogens with one attached hydrogen (secondary N) is 1. The second-order valence-electron chi connectivity index (χ2n) is 6.90. The van der Waals surface area contributed by atoms with Gasteiger partial charge < -0.3 is 9.88 Å². The van der Waals surface area contributed by atoms with Crippen molar-refractivity contribution in [2.24, 2.45) is 0 Å². The predicted octanol–water partition coefficient (Wildman–Crippen LogP) is 4.14. The van der Waals surface area contributed by atoms with Crippen LogP contribution in [0, 0.1) is 0 Å². The Morgan fingerprint density at radius 3 is 2.96 bits per heavy atom. The van der Waals surface area contributed by atoms with Gasteiger partial charge in [-0.15, -0.1) is 11.3 Å². The smallest absolute Gasteiger partial charge is 0.290 e. The van der Waals surface area contributed by atoms with Gasteiger partial charge in [-0.2, -0.15) is 0 Å². The number of nitrogens with zero attached hydrogens (tertiary/aromatic N) is 3. The van der Waals surface area contributed by atoms with Crippen molar-refractivity contribution in [2.75, 3.05) is 0 Å². The molecule has 2 aromatic heterocycles. The van der Waals surface area contributed by atoms with Crippen LogP contribution in [0.3, 0.4) is 0 Å². The number of carbonyl (C=O) groups is 1. The molecular weight excluding hydrogens is 356 g/mol. The highest BCUT2D eigenvalue weighted by Gasteiger charge is 2.34. The lowest BCUT2D eigenvalue weighted by Crippen LogP contribution is -2.42. The van der Waals surface area contributed by atoms with Crippen molar-refractivity contribution in [1.82, 2.24) is 19.9 Å². The number of thiazole rings is 1. The lowest BCUT2D eigenvalue weighted by atomic mass is 10.1. The van der Waals surface area contributed by atoms with Crippen LogP contribution in [0.1, 0.15) is 51.9 Å². The molecule has 3 heterocycles. The summed E-state index contributed by atoms with van der Waals surface area (Å²) in [5.74, 6) is 0.935. The van der Waals surface area contributed by atoms with Crippen LogP contribution < -0.4 is 0 Å². The van der Waals surface area contributed by atoms with Crippen molar-refractivity contribution in [1.29, 1.82) is 0 Å². The van der Waals surface area contributed by atoms with Crippen LogP contribution in [-0.2, 0) is 13.0 Å². The van der Waals surface area contributed by atoms with Crippen LogP contribution in [0.4, 0.5) is 0 Å². The third-order valence-electron chi connectivity index (χ3n) is 4.99. The number of fused-ring (bicyclic) bond motifs is 2. The molecule has 1 aromatic carbocycles. The van der Waals surface area contributed by atoms with Crippen molar-refractivity contribution in [3.63, 3.8) is 0 Å².